The highest BCUT2D eigenvalue weighted by Gasteiger charge is 2.47. The van der Waals surface area contributed by atoms with Crippen molar-refractivity contribution in [3.63, 3.8) is 0 Å². The van der Waals surface area contributed by atoms with Crippen LogP contribution in [0.25, 0.3) is 0 Å². The van der Waals surface area contributed by atoms with Crippen LogP contribution >= 0.6 is 11.6 Å². The van der Waals surface area contributed by atoms with Gasteiger partial charge < -0.3 is 4.90 Å². The Labute approximate surface area is 209 Å². The fourth-order valence-electron chi connectivity index (χ4n) is 4.97. The Morgan fingerprint density at radius 2 is 1.74 bits per heavy atom. The van der Waals surface area contributed by atoms with Crippen LogP contribution in [-0.4, -0.2) is 39.6 Å². The number of halogens is 1. The molecule has 2 aliphatic rings. The van der Waals surface area contributed by atoms with Crippen LogP contribution in [0.3, 0.4) is 0 Å². The smallest absolute Gasteiger partial charge is 0.288 e. The molecule has 1 aliphatic heterocycles. The molecule has 9 heteroatoms. The molecule has 0 spiro atoms. The van der Waals surface area contributed by atoms with Crippen molar-refractivity contribution in [1.29, 1.82) is 0 Å². The molecule has 1 heterocycles. The van der Waals surface area contributed by atoms with Crippen molar-refractivity contribution in [3.8, 4) is 0 Å². The number of hydrogen-bond acceptors (Lipinski definition) is 5. The zero-order valence-electron chi connectivity index (χ0n) is 19.8. The topological polar surface area (TPSA) is 101 Å². The molecule has 2 aromatic rings. The third kappa shape index (κ3) is 4.93. The second kappa shape index (κ2) is 10.2. The molecule has 3 amide bonds. The van der Waals surface area contributed by atoms with Crippen molar-refractivity contribution in [2.45, 2.75) is 70.4 Å². The SMILES string of the molecule is CC(C)c1ccc(N2C(=O)CC(N(C(=O)c3ccc(Cl)c([N+](=O)[O-])c3)C3CCCCC3)C2=O)cc1. The Kier molecular flexibility index (Phi) is 7.21. The van der Waals surface area contributed by atoms with Crippen LogP contribution in [0.15, 0.2) is 42.5 Å². The molecule has 2 fully saturated rings. The van der Waals surface area contributed by atoms with Crippen molar-refractivity contribution in [3.05, 3.63) is 68.7 Å². The van der Waals surface area contributed by atoms with Crippen LogP contribution in [-0.2, 0) is 9.59 Å². The number of carbonyl (C=O) groups is 3. The van der Waals surface area contributed by atoms with E-state index in [1.807, 2.05) is 12.1 Å². The van der Waals surface area contributed by atoms with Gasteiger partial charge in [0.15, 0.2) is 0 Å². The van der Waals surface area contributed by atoms with Crippen molar-refractivity contribution < 1.29 is 19.3 Å². The molecular weight excluding hydrogens is 470 g/mol. The Hall–Kier alpha value is -3.26. The van der Waals surface area contributed by atoms with Gasteiger partial charge in [0.1, 0.15) is 11.1 Å². The minimum absolute atomic E-state index is 0.0705. The highest BCUT2D eigenvalue weighted by atomic mass is 35.5. The summed E-state index contributed by atoms with van der Waals surface area (Å²) in [5.41, 5.74) is 1.27. The molecule has 0 bridgehead atoms. The molecule has 2 aromatic carbocycles. The minimum Gasteiger partial charge on any atom is -0.323 e. The first-order valence-corrected chi connectivity index (χ1v) is 12.3. The molecule has 1 saturated heterocycles. The summed E-state index contributed by atoms with van der Waals surface area (Å²) in [6, 6.07) is 9.99. The van der Waals surface area contributed by atoms with E-state index in [0.717, 1.165) is 35.8 Å². The lowest BCUT2D eigenvalue weighted by atomic mass is 9.92. The molecule has 1 unspecified atom stereocenters. The first-order chi connectivity index (χ1) is 16.7. The second-order valence-electron chi connectivity index (χ2n) is 9.46. The molecule has 35 heavy (non-hydrogen) atoms. The highest BCUT2D eigenvalue weighted by Crippen LogP contribution is 2.34. The zero-order valence-corrected chi connectivity index (χ0v) is 20.5. The first kappa shape index (κ1) is 24.9. The molecule has 1 saturated carbocycles. The largest absolute Gasteiger partial charge is 0.323 e. The zero-order chi connectivity index (χ0) is 25.3. The van der Waals surface area contributed by atoms with E-state index in [-0.39, 0.29) is 34.6 Å². The van der Waals surface area contributed by atoms with Gasteiger partial charge in [-0.05, 0) is 48.6 Å². The minimum atomic E-state index is -0.961. The van der Waals surface area contributed by atoms with Crippen LogP contribution in [0.5, 0.6) is 0 Å². The van der Waals surface area contributed by atoms with Crippen molar-refractivity contribution >= 4 is 40.7 Å². The number of nitro groups is 1. The van der Waals surface area contributed by atoms with E-state index < -0.39 is 22.8 Å². The van der Waals surface area contributed by atoms with Gasteiger partial charge in [-0.3, -0.25) is 24.5 Å². The predicted molar refractivity (Wildman–Crippen MR) is 133 cm³/mol. The number of anilines is 1. The average Bonchev–Trinajstić information content (AvgIpc) is 3.13. The summed E-state index contributed by atoms with van der Waals surface area (Å²) in [5, 5.41) is 11.3. The van der Waals surface area contributed by atoms with Crippen LogP contribution in [0, 0.1) is 10.1 Å². The number of hydrogen-bond donors (Lipinski definition) is 0. The molecule has 0 radical (unpaired) electrons. The maximum absolute atomic E-state index is 13.7. The predicted octanol–water partition coefficient (Wildman–Crippen LogP) is 5.48. The summed E-state index contributed by atoms with van der Waals surface area (Å²) in [7, 11) is 0. The monoisotopic (exact) mass is 497 g/mol. The van der Waals surface area contributed by atoms with Crippen LogP contribution < -0.4 is 4.90 Å². The Morgan fingerprint density at radius 3 is 2.34 bits per heavy atom. The summed E-state index contributed by atoms with van der Waals surface area (Å²) in [6.07, 6.45) is 4.15. The lowest BCUT2D eigenvalue weighted by Crippen LogP contribution is -2.51. The van der Waals surface area contributed by atoms with E-state index in [2.05, 4.69) is 13.8 Å². The van der Waals surface area contributed by atoms with Gasteiger partial charge in [-0.15, -0.1) is 0 Å². The van der Waals surface area contributed by atoms with Gasteiger partial charge in [0, 0.05) is 17.7 Å². The van der Waals surface area contributed by atoms with Gasteiger partial charge in [-0.25, -0.2) is 4.90 Å². The number of nitrogens with zero attached hydrogens (tertiary/aromatic N) is 3. The highest BCUT2D eigenvalue weighted by molar-refractivity contribution is 6.32. The normalized spacial score (nSPS) is 18.9. The van der Waals surface area contributed by atoms with Crippen LogP contribution in [0.1, 0.15) is 74.2 Å². The number of nitro benzene ring substituents is 1. The van der Waals surface area contributed by atoms with Crippen molar-refractivity contribution in [2.75, 3.05) is 4.90 Å². The second-order valence-corrected chi connectivity index (χ2v) is 9.87. The fraction of sp³-hybridized carbons (Fsp3) is 0.423. The quantitative estimate of drug-likeness (QED) is 0.299. The molecule has 0 N–H and O–H groups in total. The number of benzene rings is 2. The van der Waals surface area contributed by atoms with Gasteiger partial charge >= 0.3 is 0 Å². The van der Waals surface area contributed by atoms with E-state index >= 15 is 0 Å². The number of rotatable bonds is 6. The van der Waals surface area contributed by atoms with E-state index in [0.29, 0.717) is 24.4 Å². The molecular formula is C26H28ClN3O5. The number of carbonyl (C=O) groups excluding carboxylic acids is 3. The Balaban J connectivity index is 1.68. The van der Waals surface area contributed by atoms with E-state index in [1.165, 1.54) is 17.0 Å². The molecule has 1 aliphatic carbocycles. The van der Waals surface area contributed by atoms with Gasteiger partial charge in [-0.2, -0.15) is 0 Å². The lowest BCUT2D eigenvalue weighted by Gasteiger charge is -2.37. The summed E-state index contributed by atoms with van der Waals surface area (Å²) < 4.78 is 0. The third-order valence-electron chi connectivity index (χ3n) is 6.87. The first-order valence-electron chi connectivity index (χ1n) is 11.9. The van der Waals surface area contributed by atoms with Gasteiger partial charge in [0.2, 0.25) is 5.91 Å². The Morgan fingerprint density at radius 1 is 1.09 bits per heavy atom. The number of amides is 3. The molecule has 8 nitrogen and oxygen atoms in total. The van der Waals surface area contributed by atoms with Gasteiger partial charge in [0.25, 0.3) is 17.5 Å². The molecule has 184 valence electrons. The van der Waals surface area contributed by atoms with E-state index in [4.69, 9.17) is 11.6 Å². The maximum Gasteiger partial charge on any atom is 0.288 e. The fourth-order valence-corrected chi connectivity index (χ4v) is 5.16. The van der Waals surface area contributed by atoms with Gasteiger partial charge in [0.05, 0.1) is 17.0 Å². The summed E-state index contributed by atoms with van der Waals surface area (Å²) in [5.74, 6) is -1.01. The molecule has 1 atom stereocenters. The maximum atomic E-state index is 13.7. The van der Waals surface area contributed by atoms with E-state index in [9.17, 15) is 24.5 Å². The van der Waals surface area contributed by atoms with E-state index in [1.54, 1.807) is 12.1 Å². The summed E-state index contributed by atoms with van der Waals surface area (Å²) in [4.78, 5) is 53.7. The molecule has 4 rings (SSSR count). The summed E-state index contributed by atoms with van der Waals surface area (Å²) >= 11 is 5.94. The van der Waals surface area contributed by atoms with Crippen molar-refractivity contribution in [1.82, 2.24) is 4.90 Å². The van der Waals surface area contributed by atoms with Crippen LogP contribution in [0.4, 0.5) is 11.4 Å². The third-order valence-corrected chi connectivity index (χ3v) is 7.19. The lowest BCUT2D eigenvalue weighted by molar-refractivity contribution is -0.384. The molecule has 0 aromatic heterocycles. The van der Waals surface area contributed by atoms with Crippen LogP contribution in [0.2, 0.25) is 5.02 Å². The average molecular weight is 498 g/mol. The standard InChI is InChI=1S/C26H28ClN3O5/c1-16(2)17-8-11-20(12-9-17)29-24(31)15-23(26(29)33)28(19-6-4-3-5-7-19)25(32)18-10-13-21(27)22(14-18)30(34)35/h8-14,16,19,23H,3-7,15H2,1-2H3. The summed E-state index contributed by atoms with van der Waals surface area (Å²) in [6.45, 7) is 4.12. The Bertz CT molecular complexity index is 1160. The van der Waals surface area contributed by atoms with Crippen molar-refractivity contribution in [2.24, 2.45) is 0 Å². The number of imide groups is 1. The van der Waals surface area contributed by atoms with Gasteiger partial charge in [-0.1, -0.05) is 56.8 Å².